The number of carbonyl (C=O) groups is 1. The van der Waals surface area contributed by atoms with Gasteiger partial charge in [0.05, 0.1) is 6.61 Å². The first-order valence-corrected chi connectivity index (χ1v) is 7.35. The van der Waals surface area contributed by atoms with E-state index in [2.05, 4.69) is 24.1 Å². The van der Waals surface area contributed by atoms with Crippen molar-refractivity contribution in [3.63, 3.8) is 0 Å². The molecule has 0 atom stereocenters. The van der Waals surface area contributed by atoms with Crippen LogP contribution in [0, 0.1) is 11.8 Å². The second kappa shape index (κ2) is 9.84. The van der Waals surface area contributed by atoms with Crippen LogP contribution in [0.3, 0.4) is 0 Å². The van der Waals surface area contributed by atoms with Crippen molar-refractivity contribution in [1.29, 1.82) is 0 Å². The van der Waals surface area contributed by atoms with Gasteiger partial charge in [-0.2, -0.15) is 0 Å². The zero-order valence-electron chi connectivity index (χ0n) is 12.9. The Hall–Kier alpha value is -1.99. The molecule has 0 saturated heterocycles. The number of nitrogens with zero attached hydrogens (tertiary/aromatic N) is 1. The van der Waals surface area contributed by atoms with E-state index in [1.165, 1.54) is 0 Å². The largest absolute Gasteiger partial charge is 0.395 e. The summed E-state index contributed by atoms with van der Waals surface area (Å²) < 4.78 is 0. The molecule has 0 bridgehead atoms. The van der Waals surface area contributed by atoms with E-state index in [1.807, 2.05) is 24.3 Å². The summed E-state index contributed by atoms with van der Waals surface area (Å²) in [6.45, 7) is 3.44. The van der Waals surface area contributed by atoms with Crippen LogP contribution in [0.5, 0.6) is 0 Å². The predicted molar refractivity (Wildman–Crippen MR) is 84.8 cm³/mol. The highest BCUT2D eigenvalue weighted by Gasteiger charge is 2.08. The highest BCUT2D eigenvalue weighted by atomic mass is 16.2. The normalized spacial score (nSPS) is 9.67. The molecule has 0 aromatic heterocycles. The Balaban J connectivity index is 2.56. The molecule has 2 N–H and O–H groups in total. The van der Waals surface area contributed by atoms with Crippen molar-refractivity contribution >= 4 is 6.03 Å². The summed E-state index contributed by atoms with van der Waals surface area (Å²) in [5.74, 6) is 5.90. The fraction of sp³-hybridized carbons (Fsp3) is 0.471. The molecule has 1 aromatic rings. The molecule has 1 rings (SSSR count). The van der Waals surface area contributed by atoms with Crippen LogP contribution in [-0.4, -0.2) is 36.2 Å². The lowest BCUT2D eigenvalue weighted by molar-refractivity contribution is 0.207. The van der Waals surface area contributed by atoms with Crippen LogP contribution in [0.25, 0.3) is 0 Å². The Morgan fingerprint density at radius 1 is 1.43 bits per heavy atom. The summed E-state index contributed by atoms with van der Waals surface area (Å²) in [6.07, 6.45) is 2.54. The molecule has 0 aliphatic carbocycles. The van der Waals surface area contributed by atoms with Crippen LogP contribution < -0.4 is 5.32 Å². The third-order valence-electron chi connectivity index (χ3n) is 2.97. The zero-order valence-corrected chi connectivity index (χ0v) is 12.9. The quantitative estimate of drug-likeness (QED) is 0.623. The predicted octanol–water partition coefficient (Wildman–Crippen LogP) is 2.36. The summed E-state index contributed by atoms with van der Waals surface area (Å²) in [7, 11) is 1.78. The molecule has 0 aliphatic rings. The standard InChI is InChI=1S/C17H24N2O2/c1-3-4-11-18-17(21)19(2)14-16-10-7-9-15(13-16)8-5-6-12-20/h7,9-10,13,20H,3-4,6,11-12,14H2,1-2H3,(H,18,21). The number of rotatable bonds is 6. The Morgan fingerprint density at radius 2 is 2.24 bits per heavy atom. The average molecular weight is 288 g/mol. The van der Waals surface area contributed by atoms with Gasteiger partial charge >= 0.3 is 6.03 Å². The van der Waals surface area contributed by atoms with E-state index in [0.717, 1.165) is 24.0 Å². The van der Waals surface area contributed by atoms with Gasteiger partial charge in [0.15, 0.2) is 0 Å². The number of aliphatic hydroxyl groups is 1. The second-order valence-corrected chi connectivity index (χ2v) is 4.92. The molecular formula is C17H24N2O2. The second-order valence-electron chi connectivity index (χ2n) is 4.92. The minimum Gasteiger partial charge on any atom is -0.395 e. The van der Waals surface area contributed by atoms with Crippen molar-refractivity contribution in [3.8, 4) is 11.8 Å². The van der Waals surface area contributed by atoms with E-state index in [-0.39, 0.29) is 12.6 Å². The van der Waals surface area contributed by atoms with E-state index < -0.39 is 0 Å². The van der Waals surface area contributed by atoms with E-state index in [9.17, 15) is 4.79 Å². The van der Waals surface area contributed by atoms with E-state index in [0.29, 0.717) is 19.5 Å². The lowest BCUT2D eigenvalue weighted by Crippen LogP contribution is -2.37. The molecule has 0 unspecified atom stereocenters. The Bertz CT molecular complexity index is 503. The number of hydrogen-bond acceptors (Lipinski definition) is 2. The molecule has 0 heterocycles. The van der Waals surface area contributed by atoms with Gasteiger partial charge in [0, 0.05) is 32.1 Å². The van der Waals surface area contributed by atoms with Crippen molar-refractivity contribution < 1.29 is 9.90 Å². The van der Waals surface area contributed by atoms with Crippen molar-refractivity contribution in [2.45, 2.75) is 32.7 Å². The number of unbranched alkanes of at least 4 members (excludes halogenated alkanes) is 1. The van der Waals surface area contributed by atoms with Gasteiger partial charge in [-0.3, -0.25) is 0 Å². The van der Waals surface area contributed by atoms with Gasteiger partial charge in [-0.05, 0) is 24.1 Å². The maximum Gasteiger partial charge on any atom is 0.317 e. The highest BCUT2D eigenvalue weighted by Crippen LogP contribution is 2.07. The monoisotopic (exact) mass is 288 g/mol. The highest BCUT2D eigenvalue weighted by molar-refractivity contribution is 5.73. The molecule has 0 fully saturated rings. The number of benzene rings is 1. The summed E-state index contributed by atoms with van der Waals surface area (Å²) >= 11 is 0. The number of aliphatic hydroxyl groups excluding tert-OH is 1. The van der Waals surface area contributed by atoms with Crippen molar-refractivity contribution in [1.82, 2.24) is 10.2 Å². The average Bonchev–Trinajstić information content (AvgIpc) is 2.48. The molecule has 21 heavy (non-hydrogen) atoms. The van der Waals surface area contributed by atoms with Gasteiger partial charge in [0.1, 0.15) is 0 Å². The summed E-state index contributed by atoms with van der Waals surface area (Å²) in [6, 6.07) is 7.75. The fourth-order valence-electron chi connectivity index (χ4n) is 1.82. The lowest BCUT2D eigenvalue weighted by atomic mass is 10.1. The van der Waals surface area contributed by atoms with Crippen molar-refractivity contribution in [2.24, 2.45) is 0 Å². The smallest absolute Gasteiger partial charge is 0.317 e. The lowest BCUT2D eigenvalue weighted by Gasteiger charge is -2.18. The first-order chi connectivity index (χ1) is 10.2. The SMILES string of the molecule is CCCCNC(=O)N(C)Cc1cccc(C#CCCO)c1. The first kappa shape index (κ1) is 17.1. The van der Waals surface area contributed by atoms with Gasteiger partial charge in [-0.25, -0.2) is 4.79 Å². The van der Waals surface area contributed by atoms with Gasteiger partial charge in [0.2, 0.25) is 0 Å². The molecule has 4 nitrogen and oxygen atoms in total. The van der Waals surface area contributed by atoms with Gasteiger partial charge in [0.25, 0.3) is 0 Å². The van der Waals surface area contributed by atoms with Crippen LogP contribution in [0.2, 0.25) is 0 Å². The minimum absolute atomic E-state index is 0.0554. The van der Waals surface area contributed by atoms with Gasteiger partial charge in [-0.15, -0.1) is 0 Å². The number of urea groups is 1. The molecule has 2 amide bonds. The minimum atomic E-state index is -0.0554. The Morgan fingerprint density at radius 3 is 2.95 bits per heavy atom. The van der Waals surface area contributed by atoms with Crippen LogP contribution in [0.15, 0.2) is 24.3 Å². The number of carbonyl (C=O) groups excluding carboxylic acids is 1. The number of hydrogen-bond donors (Lipinski definition) is 2. The summed E-state index contributed by atoms with van der Waals surface area (Å²) in [4.78, 5) is 13.5. The third-order valence-corrected chi connectivity index (χ3v) is 2.97. The maximum atomic E-state index is 11.9. The Labute approximate surface area is 127 Å². The molecule has 4 heteroatoms. The van der Waals surface area contributed by atoms with Crippen LogP contribution >= 0.6 is 0 Å². The fourth-order valence-corrected chi connectivity index (χ4v) is 1.82. The number of amides is 2. The number of nitrogens with one attached hydrogen (secondary N) is 1. The summed E-state index contributed by atoms with van der Waals surface area (Å²) in [5, 5.41) is 11.6. The van der Waals surface area contributed by atoms with Crippen molar-refractivity contribution in [2.75, 3.05) is 20.2 Å². The molecule has 0 spiro atoms. The zero-order chi connectivity index (χ0) is 15.5. The van der Waals surface area contributed by atoms with Gasteiger partial charge < -0.3 is 15.3 Å². The van der Waals surface area contributed by atoms with E-state index in [4.69, 9.17) is 5.11 Å². The molecule has 0 aliphatic heterocycles. The van der Waals surface area contributed by atoms with Gasteiger partial charge in [-0.1, -0.05) is 37.3 Å². The first-order valence-electron chi connectivity index (χ1n) is 7.35. The molecule has 114 valence electrons. The maximum absolute atomic E-state index is 11.9. The third kappa shape index (κ3) is 6.82. The molecule has 1 aromatic carbocycles. The van der Waals surface area contributed by atoms with E-state index >= 15 is 0 Å². The molecule has 0 saturated carbocycles. The van der Waals surface area contributed by atoms with E-state index in [1.54, 1.807) is 11.9 Å². The van der Waals surface area contributed by atoms with Crippen molar-refractivity contribution in [3.05, 3.63) is 35.4 Å². The Kier molecular flexibility index (Phi) is 8.00. The van der Waals surface area contributed by atoms with Crippen LogP contribution in [0.4, 0.5) is 4.79 Å². The summed E-state index contributed by atoms with van der Waals surface area (Å²) in [5.41, 5.74) is 1.94. The van der Waals surface area contributed by atoms with Crippen LogP contribution in [0.1, 0.15) is 37.3 Å². The van der Waals surface area contributed by atoms with Crippen LogP contribution in [-0.2, 0) is 6.54 Å². The molecular weight excluding hydrogens is 264 g/mol. The topological polar surface area (TPSA) is 52.6 Å². The molecule has 0 radical (unpaired) electrons.